The number of nitrogens with zero attached hydrogens (tertiary/aromatic N) is 3. The van der Waals surface area contributed by atoms with E-state index in [-0.39, 0.29) is 19.8 Å². The summed E-state index contributed by atoms with van der Waals surface area (Å²) < 4.78 is 20.6. The first-order valence-electron chi connectivity index (χ1n) is 8.43. The van der Waals surface area contributed by atoms with Gasteiger partial charge in [0.05, 0.1) is 39.6 Å². The van der Waals surface area contributed by atoms with E-state index in [1.54, 1.807) is 0 Å². The molecular formula is C15H27N5O7. The van der Waals surface area contributed by atoms with E-state index in [1.165, 1.54) is 13.8 Å². The number of amides is 2. The zero-order valence-corrected chi connectivity index (χ0v) is 15.6. The second-order valence-corrected chi connectivity index (χ2v) is 5.20. The second kappa shape index (κ2) is 17.0. The summed E-state index contributed by atoms with van der Waals surface area (Å²) in [7, 11) is 0. The molecule has 2 atom stereocenters. The first kappa shape index (κ1) is 24.6. The van der Waals surface area contributed by atoms with Crippen LogP contribution in [0.15, 0.2) is 5.11 Å². The summed E-state index contributed by atoms with van der Waals surface area (Å²) in [6, 6.07) is -1.58. The van der Waals surface area contributed by atoms with Crippen molar-refractivity contribution in [1.29, 1.82) is 0 Å². The van der Waals surface area contributed by atoms with Crippen LogP contribution < -0.4 is 10.6 Å². The lowest BCUT2D eigenvalue weighted by molar-refractivity contribution is -0.149. The lowest BCUT2D eigenvalue weighted by Gasteiger charge is -2.16. The van der Waals surface area contributed by atoms with Crippen LogP contribution in [0.4, 0.5) is 0 Å². The highest BCUT2D eigenvalue weighted by molar-refractivity contribution is 5.88. The Balaban J connectivity index is 3.53. The van der Waals surface area contributed by atoms with Crippen molar-refractivity contribution < 1.29 is 33.3 Å². The third-order valence-electron chi connectivity index (χ3n) is 3.04. The SMILES string of the molecule is CC(NC=O)C(=O)NC(C)C(=O)OCCOCCOCCOCCN=[N+]=[N-]. The normalized spacial score (nSPS) is 12.4. The van der Waals surface area contributed by atoms with Crippen molar-refractivity contribution in [2.24, 2.45) is 5.11 Å². The van der Waals surface area contributed by atoms with Crippen molar-refractivity contribution >= 4 is 18.3 Å². The van der Waals surface area contributed by atoms with E-state index >= 15 is 0 Å². The monoisotopic (exact) mass is 389 g/mol. The molecule has 0 aromatic carbocycles. The molecule has 0 aromatic heterocycles. The second-order valence-electron chi connectivity index (χ2n) is 5.20. The van der Waals surface area contributed by atoms with Gasteiger partial charge < -0.3 is 29.6 Å². The van der Waals surface area contributed by atoms with Crippen LogP contribution in [0.25, 0.3) is 10.4 Å². The van der Waals surface area contributed by atoms with E-state index in [0.29, 0.717) is 39.4 Å². The van der Waals surface area contributed by atoms with Gasteiger partial charge in [0.2, 0.25) is 12.3 Å². The maximum absolute atomic E-state index is 11.7. The van der Waals surface area contributed by atoms with Crippen molar-refractivity contribution in [3.8, 4) is 0 Å². The summed E-state index contributed by atoms with van der Waals surface area (Å²) in [4.78, 5) is 36.2. The molecule has 0 aromatic rings. The zero-order valence-electron chi connectivity index (χ0n) is 15.6. The smallest absolute Gasteiger partial charge is 0.328 e. The molecule has 12 nitrogen and oxygen atoms in total. The Hall–Kier alpha value is -2.40. The van der Waals surface area contributed by atoms with Gasteiger partial charge in [-0.25, -0.2) is 4.79 Å². The van der Waals surface area contributed by atoms with Crippen LogP contribution in [0.1, 0.15) is 13.8 Å². The number of ether oxygens (including phenoxy) is 4. The highest BCUT2D eigenvalue weighted by Gasteiger charge is 2.20. The number of azide groups is 1. The summed E-state index contributed by atoms with van der Waals surface area (Å²) in [6.45, 7) is 5.33. The van der Waals surface area contributed by atoms with Gasteiger partial charge in [0.25, 0.3) is 0 Å². The number of hydrogen-bond acceptors (Lipinski definition) is 8. The Morgan fingerprint density at radius 1 is 1.00 bits per heavy atom. The molecule has 154 valence electrons. The number of carbonyl (C=O) groups is 3. The van der Waals surface area contributed by atoms with Gasteiger partial charge in [-0.05, 0) is 19.4 Å². The van der Waals surface area contributed by atoms with Gasteiger partial charge >= 0.3 is 5.97 Å². The molecule has 0 heterocycles. The van der Waals surface area contributed by atoms with Crippen molar-refractivity contribution in [2.45, 2.75) is 25.9 Å². The molecule has 27 heavy (non-hydrogen) atoms. The third kappa shape index (κ3) is 14.5. The minimum Gasteiger partial charge on any atom is -0.462 e. The Bertz CT molecular complexity index is 485. The fourth-order valence-electron chi connectivity index (χ4n) is 1.59. The Morgan fingerprint density at radius 2 is 1.56 bits per heavy atom. The van der Waals surface area contributed by atoms with Crippen molar-refractivity contribution in [1.82, 2.24) is 10.6 Å². The molecule has 0 radical (unpaired) electrons. The maximum atomic E-state index is 11.7. The number of rotatable bonds is 17. The van der Waals surface area contributed by atoms with Gasteiger partial charge in [0.1, 0.15) is 18.7 Å². The number of hydrogen-bond donors (Lipinski definition) is 2. The Morgan fingerprint density at radius 3 is 2.11 bits per heavy atom. The molecule has 0 fully saturated rings. The predicted molar refractivity (Wildman–Crippen MR) is 93.7 cm³/mol. The van der Waals surface area contributed by atoms with E-state index in [1.807, 2.05) is 0 Å². The minimum absolute atomic E-state index is 0.0453. The molecule has 0 saturated carbocycles. The molecular weight excluding hydrogens is 362 g/mol. The Labute approximate surface area is 157 Å². The fourth-order valence-corrected chi connectivity index (χ4v) is 1.59. The van der Waals surface area contributed by atoms with Gasteiger partial charge in [0, 0.05) is 11.5 Å². The average molecular weight is 389 g/mol. The van der Waals surface area contributed by atoms with E-state index in [0.717, 1.165) is 0 Å². The highest BCUT2D eigenvalue weighted by atomic mass is 16.6. The van der Waals surface area contributed by atoms with E-state index in [4.69, 9.17) is 24.5 Å². The Kier molecular flexibility index (Phi) is 15.5. The van der Waals surface area contributed by atoms with E-state index in [9.17, 15) is 14.4 Å². The van der Waals surface area contributed by atoms with Crippen LogP contribution in [-0.2, 0) is 33.3 Å². The first-order chi connectivity index (χ1) is 13.0. The molecule has 0 aliphatic rings. The largest absolute Gasteiger partial charge is 0.462 e. The van der Waals surface area contributed by atoms with Crippen LogP contribution in [0.2, 0.25) is 0 Å². The van der Waals surface area contributed by atoms with Gasteiger partial charge in [-0.2, -0.15) is 0 Å². The molecule has 0 aliphatic carbocycles. The van der Waals surface area contributed by atoms with Gasteiger partial charge in [-0.3, -0.25) is 9.59 Å². The highest BCUT2D eigenvalue weighted by Crippen LogP contribution is 1.91. The summed E-state index contributed by atoms with van der Waals surface area (Å²) in [5, 5.41) is 8.04. The standard InChI is InChI=1S/C15H27N5O7/c1-12(17-11-21)14(22)19-13(2)15(23)27-10-9-26-8-7-25-6-5-24-4-3-18-20-16/h11-13H,3-10H2,1-2H3,(H,17,21)(H,19,22). The van der Waals surface area contributed by atoms with Gasteiger partial charge in [-0.1, -0.05) is 5.11 Å². The van der Waals surface area contributed by atoms with Crippen molar-refractivity contribution in [3.63, 3.8) is 0 Å². The summed E-state index contributed by atoms with van der Waals surface area (Å²) in [5.74, 6) is -1.08. The molecule has 2 amide bonds. The van der Waals surface area contributed by atoms with Gasteiger partial charge in [0.15, 0.2) is 0 Å². The number of carbonyl (C=O) groups excluding carboxylic acids is 3. The zero-order chi connectivity index (χ0) is 20.3. The molecule has 12 heteroatoms. The number of nitrogens with one attached hydrogen (secondary N) is 2. The molecule has 0 rings (SSSR count). The maximum Gasteiger partial charge on any atom is 0.328 e. The van der Waals surface area contributed by atoms with Crippen molar-refractivity contribution in [2.75, 3.05) is 52.8 Å². The average Bonchev–Trinajstić information content (AvgIpc) is 2.65. The van der Waals surface area contributed by atoms with Crippen LogP contribution >= 0.6 is 0 Å². The molecule has 0 spiro atoms. The summed E-state index contributed by atoms with van der Waals surface area (Å²) >= 11 is 0. The molecule has 2 N–H and O–H groups in total. The van der Waals surface area contributed by atoms with Crippen LogP contribution in [0, 0.1) is 0 Å². The molecule has 0 bridgehead atoms. The fraction of sp³-hybridized carbons (Fsp3) is 0.800. The topological polar surface area (TPSA) is 161 Å². The third-order valence-corrected chi connectivity index (χ3v) is 3.04. The molecule has 2 unspecified atom stereocenters. The van der Waals surface area contributed by atoms with Crippen molar-refractivity contribution in [3.05, 3.63) is 10.4 Å². The lowest BCUT2D eigenvalue weighted by Crippen LogP contribution is -2.48. The molecule has 0 saturated heterocycles. The molecule has 0 aliphatic heterocycles. The van der Waals surface area contributed by atoms with Crippen LogP contribution in [0.5, 0.6) is 0 Å². The lowest BCUT2D eigenvalue weighted by atomic mass is 10.2. The summed E-state index contributed by atoms with van der Waals surface area (Å²) in [6.07, 6.45) is 0.410. The van der Waals surface area contributed by atoms with Gasteiger partial charge in [-0.15, -0.1) is 0 Å². The summed E-state index contributed by atoms with van der Waals surface area (Å²) in [5.41, 5.74) is 8.06. The quantitative estimate of drug-likeness (QED) is 0.0848. The van der Waals surface area contributed by atoms with E-state index < -0.39 is 24.0 Å². The van der Waals surface area contributed by atoms with Crippen LogP contribution in [-0.4, -0.2) is 83.2 Å². The first-order valence-corrected chi connectivity index (χ1v) is 8.43. The predicted octanol–water partition coefficient (Wildman–Crippen LogP) is -0.471. The van der Waals surface area contributed by atoms with E-state index in [2.05, 4.69) is 20.7 Å². The van der Waals surface area contributed by atoms with Crippen LogP contribution in [0.3, 0.4) is 0 Å². The minimum atomic E-state index is -0.837. The number of esters is 1.